The second-order valence-corrected chi connectivity index (χ2v) is 5.67. The Hall–Kier alpha value is -0.980. The van der Waals surface area contributed by atoms with Crippen molar-refractivity contribution < 1.29 is 4.74 Å². The van der Waals surface area contributed by atoms with Crippen LogP contribution in [0.4, 0.5) is 0 Å². The topological polar surface area (TPSA) is 9.23 Å². The van der Waals surface area contributed by atoms with E-state index in [-0.39, 0.29) is 5.60 Å². The molecule has 0 unspecified atom stereocenters. The maximum absolute atomic E-state index is 5.80. The molecule has 1 aromatic carbocycles. The van der Waals surface area contributed by atoms with Crippen LogP contribution in [0.2, 0.25) is 0 Å². The molecule has 96 valence electrons. The minimum atomic E-state index is -0.108. The fourth-order valence-electron chi connectivity index (χ4n) is 1.83. The second-order valence-electron chi connectivity index (χ2n) is 5.67. The van der Waals surface area contributed by atoms with Gasteiger partial charge in [-0.2, -0.15) is 0 Å². The Kier molecular flexibility index (Phi) is 5.54. The average Bonchev–Trinajstić information content (AvgIpc) is 2.25. The van der Waals surface area contributed by atoms with Crippen LogP contribution in [0.1, 0.15) is 58.9 Å². The summed E-state index contributed by atoms with van der Waals surface area (Å²) < 4.78 is 5.80. The van der Waals surface area contributed by atoms with Crippen LogP contribution in [-0.2, 0) is 6.42 Å². The standard InChI is InChI=1S/C16H26O/c1-5-6-7-8-9-14-10-12-15(13-11-14)17-16(2,3)4/h10-13H,5-9H2,1-4H3. The van der Waals surface area contributed by atoms with Crippen molar-refractivity contribution in [3.8, 4) is 5.75 Å². The van der Waals surface area contributed by atoms with E-state index in [1.54, 1.807) is 0 Å². The highest BCUT2D eigenvalue weighted by molar-refractivity contribution is 5.27. The Morgan fingerprint density at radius 3 is 2.12 bits per heavy atom. The molecule has 0 aliphatic rings. The molecule has 0 spiro atoms. The molecule has 0 radical (unpaired) electrons. The molecule has 0 bridgehead atoms. The summed E-state index contributed by atoms with van der Waals surface area (Å²) in [6.07, 6.45) is 6.49. The van der Waals surface area contributed by atoms with Crippen molar-refractivity contribution in [3.63, 3.8) is 0 Å². The fourth-order valence-corrected chi connectivity index (χ4v) is 1.83. The van der Waals surface area contributed by atoms with Gasteiger partial charge >= 0.3 is 0 Å². The molecule has 1 heteroatoms. The average molecular weight is 234 g/mol. The molecule has 0 aromatic heterocycles. The lowest BCUT2D eigenvalue weighted by Crippen LogP contribution is -2.22. The lowest BCUT2D eigenvalue weighted by molar-refractivity contribution is 0.131. The monoisotopic (exact) mass is 234 g/mol. The van der Waals surface area contributed by atoms with Gasteiger partial charge in [0.15, 0.2) is 0 Å². The van der Waals surface area contributed by atoms with E-state index >= 15 is 0 Å². The van der Waals surface area contributed by atoms with Crippen LogP contribution in [0.15, 0.2) is 24.3 Å². The lowest BCUT2D eigenvalue weighted by atomic mass is 10.1. The molecule has 17 heavy (non-hydrogen) atoms. The number of unbranched alkanes of at least 4 members (excludes halogenated alkanes) is 3. The van der Waals surface area contributed by atoms with E-state index in [0.717, 1.165) is 5.75 Å². The normalized spacial score (nSPS) is 11.5. The molecule has 0 amide bonds. The first-order chi connectivity index (χ1) is 8.01. The maximum Gasteiger partial charge on any atom is 0.120 e. The minimum absolute atomic E-state index is 0.108. The molecule has 1 aromatic rings. The molecule has 0 aliphatic heterocycles. The number of rotatable bonds is 6. The molecule has 0 saturated heterocycles. The highest BCUT2D eigenvalue weighted by atomic mass is 16.5. The zero-order valence-corrected chi connectivity index (χ0v) is 11.8. The SMILES string of the molecule is CCCCCCc1ccc(OC(C)(C)C)cc1. The Bertz CT molecular complexity index is 305. The van der Waals surface area contributed by atoms with Crippen molar-refractivity contribution in [2.75, 3.05) is 0 Å². The summed E-state index contributed by atoms with van der Waals surface area (Å²) in [7, 11) is 0. The zero-order valence-electron chi connectivity index (χ0n) is 11.8. The van der Waals surface area contributed by atoms with E-state index in [4.69, 9.17) is 4.74 Å². The van der Waals surface area contributed by atoms with Crippen molar-refractivity contribution >= 4 is 0 Å². The largest absolute Gasteiger partial charge is 0.488 e. The van der Waals surface area contributed by atoms with Crippen molar-refractivity contribution in [1.29, 1.82) is 0 Å². The van der Waals surface area contributed by atoms with Crippen molar-refractivity contribution in [1.82, 2.24) is 0 Å². The quantitative estimate of drug-likeness (QED) is 0.630. The third-order valence-electron chi connectivity index (χ3n) is 2.67. The van der Waals surface area contributed by atoms with Crippen LogP contribution in [-0.4, -0.2) is 5.60 Å². The van der Waals surface area contributed by atoms with Crippen LogP contribution in [0, 0.1) is 0 Å². The number of aryl methyl sites for hydroxylation is 1. The summed E-state index contributed by atoms with van der Waals surface area (Å²) in [6.45, 7) is 8.47. The Morgan fingerprint density at radius 2 is 1.59 bits per heavy atom. The van der Waals surface area contributed by atoms with E-state index in [1.807, 2.05) is 0 Å². The zero-order chi connectivity index (χ0) is 12.7. The van der Waals surface area contributed by atoms with Gasteiger partial charge in [0.25, 0.3) is 0 Å². The van der Waals surface area contributed by atoms with E-state index in [0.29, 0.717) is 0 Å². The fraction of sp³-hybridized carbons (Fsp3) is 0.625. The highest BCUT2D eigenvalue weighted by Crippen LogP contribution is 2.19. The summed E-state index contributed by atoms with van der Waals surface area (Å²) >= 11 is 0. The lowest BCUT2D eigenvalue weighted by Gasteiger charge is -2.21. The van der Waals surface area contributed by atoms with Crippen molar-refractivity contribution in [3.05, 3.63) is 29.8 Å². The molecule has 0 aliphatic carbocycles. The first-order valence-corrected chi connectivity index (χ1v) is 6.79. The van der Waals surface area contributed by atoms with Gasteiger partial charge < -0.3 is 4.74 Å². The van der Waals surface area contributed by atoms with Gasteiger partial charge in [-0.05, 0) is 51.3 Å². The number of hydrogen-bond acceptors (Lipinski definition) is 1. The number of hydrogen-bond donors (Lipinski definition) is 0. The van der Waals surface area contributed by atoms with Gasteiger partial charge in [-0.1, -0.05) is 38.3 Å². The molecule has 0 N–H and O–H groups in total. The summed E-state index contributed by atoms with van der Waals surface area (Å²) in [4.78, 5) is 0. The Morgan fingerprint density at radius 1 is 0.941 bits per heavy atom. The molecule has 0 fully saturated rings. The Balaban J connectivity index is 2.39. The molecule has 0 heterocycles. The van der Waals surface area contributed by atoms with Crippen molar-refractivity contribution in [2.45, 2.75) is 65.4 Å². The van der Waals surface area contributed by atoms with Crippen molar-refractivity contribution in [2.24, 2.45) is 0 Å². The first-order valence-electron chi connectivity index (χ1n) is 6.79. The van der Waals surface area contributed by atoms with Crippen LogP contribution in [0.5, 0.6) is 5.75 Å². The third kappa shape index (κ3) is 6.35. The van der Waals surface area contributed by atoms with Crippen LogP contribution < -0.4 is 4.74 Å². The van der Waals surface area contributed by atoms with Gasteiger partial charge in [-0.3, -0.25) is 0 Å². The summed E-state index contributed by atoms with van der Waals surface area (Å²) in [6, 6.07) is 8.54. The smallest absolute Gasteiger partial charge is 0.120 e. The summed E-state index contributed by atoms with van der Waals surface area (Å²) in [5.74, 6) is 0.967. The molecule has 0 atom stereocenters. The second kappa shape index (κ2) is 6.68. The van der Waals surface area contributed by atoms with Gasteiger partial charge in [-0.15, -0.1) is 0 Å². The molecule has 1 nitrogen and oxygen atoms in total. The van der Waals surface area contributed by atoms with Gasteiger partial charge in [0.1, 0.15) is 11.4 Å². The molecule has 1 rings (SSSR count). The minimum Gasteiger partial charge on any atom is -0.488 e. The summed E-state index contributed by atoms with van der Waals surface area (Å²) in [5, 5.41) is 0. The van der Waals surface area contributed by atoms with Crippen LogP contribution in [0.3, 0.4) is 0 Å². The predicted molar refractivity (Wildman–Crippen MR) is 74.7 cm³/mol. The van der Waals surface area contributed by atoms with E-state index < -0.39 is 0 Å². The van der Waals surface area contributed by atoms with Gasteiger partial charge in [0.2, 0.25) is 0 Å². The number of ether oxygens (including phenoxy) is 1. The van der Waals surface area contributed by atoms with E-state index in [9.17, 15) is 0 Å². The first kappa shape index (κ1) is 14.1. The molecular weight excluding hydrogens is 208 g/mol. The highest BCUT2D eigenvalue weighted by Gasteiger charge is 2.11. The van der Waals surface area contributed by atoms with Gasteiger partial charge in [0, 0.05) is 0 Å². The Labute approximate surface area is 106 Å². The van der Waals surface area contributed by atoms with Crippen LogP contribution in [0.25, 0.3) is 0 Å². The predicted octanol–water partition coefficient (Wildman–Crippen LogP) is 4.99. The molecule has 0 saturated carbocycles. The van der Waals surface area contributed by atoms with Gasteiger partial charge in [-0.25, -0.2) is 0 Å². The molecular formula is C16H26O. The maximum atomic E-state index is 5.80. The van der Waals surface area contributed by atoms with E-state index in [2.05, 4.69) is 52.0 Å². The third-order valence-corrected chi connectivity index (χ3v) is 2.67. The number of benzene rings is 1. The van der Waals surface area contributed by atoms with Gasteiger partial charge in [0.05, 0.1) is 0 Å². The summed E-state index contributed by atoms with van der Waals surface area (Å²) in [5.41, 5.74) is 1.31. The van der Waals surface area contributed by atoms with Crippen LogP contribution >= 0.6 is 0 Å². The van der Waals surface area contributed by atoms with E-state index in [1.165, 1.54) is 37.7 Å².